The van der Waals surface area contributed by atoms with Crippen molar-refractivity contribution in [1.29, 1.82) is 0 Å². The average molecular weight is 339 g/mol. The van der Waals surface area contributed by atoms with Crippen molar-refractivity contribution in [3.8, 4) is 0 Å². The Hall–Kier alpha value is -3.20. The van der Waals surface area contributed by atoms with E-state index in [1.54, 1.807) is 0 Å². The van der Waals surface area contributed by atoms with Crippen LogP contribution in [0.1, 0.15) is 38.2 Å². The Morgan fingerprint density at radius 3 is 2.27 bits per heavy atom. The van der Waals surface area contributed by atoms with Crippen LogP contribution < -0.4 is 5.43 Å². The highest BCUT2D eigenvalue weighted by Crippen LogP contribution is 2.30. The van der Waals surface area contributed by atoms with Crippen LogP contribution in [0, 0.1) is 13.8 Å². The lowest BCUT2D eigenvalue weighted by Gasteiger charge is -2.19. The molecule has 3 aromatic carbocycles. The SMILES string of the molecule is Cc1ccc2c(c1)C(=O)c1cc3[nH]c4cc(C)ccc4c(=O)c3cc1C2. The van der Waals surface area contributed by atoms with Crippen LogP contribution in [0.3, 0.4) is 0 Å². The summed E-state index contributed by atoms with van der Waals surface area (Å²) in [5.41, 5.74) is 7.13. The van der Waals surface area contributed by atoms with Gasteiger partial charge in [-0.2, -0.15) is 0 Å². The van der Waals surface area contributed by atoms with Gasteiger partial charge in [0, 0.05) is 27.4 Å². The van der Waals surface area contributed by atoms with Crippen LogP contribution >= 0.6 is 0 Å². The van der Waals surface area contributed by atoms with Gasteiger partial charge in [0.1, 0.15) is 0 Å². The summed E-state index contributed by atoms with van der Waals surface area (Å²) in [7, 11) is 0. The zero-order chi connectivity index (χ0) is 18.0. The maximum Gasteiger partial charge on any atom is 0.197 e. The molecule has 0 atom stereocenters. The fraction of sp³-hybridized carbons (Fsp3) is 0.130. The second-order valence-corrected chi connectivity index (χ2v) is 7.22. The van der Waals surface area contributed by atoms with E-state index in [1.165, 1.54) is 0 Å². The molecular formula is C23H17NO2. The van der Waals surface area contributed by atoms with E-state index in [0.29, 0.717) is 22.8 Å². The highest BCUT2D eigenvalue weighted by molar-refractivity contribution is 6.14. The molecule has 1 aromatic heterocycles. The van der Waals surface area contributed by atoms with Crippen molar-refractivity contribution in [3.05, 3.63) is 92.1 Å². The minimum Gasteiger partial charge on any atom is -0.354 e. The number of hydrogen-bond acceptors (Lipinski definition) is 2. The van der Waals surface area contributed by atoms with Crippen molar-refractivity contribution < 1.29 is 4.79 Å². The normalized spacial score (nSPS) is 13.1. The highest BCUT2D eigenvalue weighted by Gasteiger charge is 2.24. The van der Waals surface area contributed by atoms with E-state index in [9.17, 15) is 9.59 Å². The maximum atomic E-state index is 13.0. The Balaban J connectivity index is 1.82. The number of aryl methyl sites for hydroxylation is 2. The fourth-order valence-corrected chi connectivity index (χ4v) is 3.95. The van der Waals surface area contributed by atoms with E-state index < -0.39 is 0 Å². The van der Waals surface area contributed by atoms with Crippen molar-refractivity contribution >= 4 is 27.6 Å². The number of fused-ring (bicyclic) bond motifs is 4. The summed E-state index contributed by atoms with van der Waals surface area (Å²) in [6.07, 6.45) is 0.679. The third kappa shape index (κ3) is 2.07. The highest BCUT2D eigenvalue weighted by atomic mass is 16.1. The Morgan fingerprint density at radius 2 is 1.42 bits per heavy atom. The average Bonchev–Trinajstić information content (AvgIpc) is 2.62. The quantitative estimate of drug-likeness (QED) is 0.424. The number of rotatable bonds is 0. The van der Waals surface area contributed by atoms with Crippen LogP contribution in [0.2, 0.25) is 0 Å². The Morgan fingerprint density at radius 1 is 0.731 bits per heavy atom. The van der Waals surface area contributed by atoms with Crippen molar-refractivity contribution in [2.24, 2.45) is 0 Å². The summed E-state index contributed by atoms with van der Waals surface area (Å²) in [5, 5.41) is 1.32. The van der Waals surface area contributed by atoms with Gasteiger partial charge in [0.25, 0.3) is 0 Å². The van der Waals surface area contributed by atoms with Crippen LogP contribution in [-0.2, 0) is 6.42 Å². The first-order valence-electron chi connectivity index (χ1n) is 8.75. The summed E-state index contributed by atoms with van der Waals surface area (Å²) >= 11 is 0. The molecule has 1 aliphatic rings. The zero-order valence-corrected chi connectivity index (χ0v) is 14.6. The van der Waals surface area contributed by atoms with E-state index >= 15 is 0 Å². The third-order valence-corrected chi connectivity index (χ3v) is 5.31. The smallest absolute Gasteiger partial charge is 0.197 e. The van der Waals surface area contributed by atoms with E-state index in [4.69, 9.17) is 0 Å². The van der Waals surface area contributed by atoms with Gasteiger partial charge < -0.3 is 4.98 Å². The first-order valence-corrected chi connectivity index (χ1v) is 8.75. The lowest BCUT2D eigenvalue weighted by Crippen LogP contribution is -2.16. The van der Waals surface area contributed by atoms with Crippen LogP contribution in [0.5, 0.6) is 0 Å². The van der Waals surface area contributed by atoms with E-state index in [2.05, 4.69) is 4.98 Å². The van der Waals surface area contributed by atoms with Crippen LogP contribution in [0.15, 0.2) is 53.3 Å². The number of aromatic amines is 1. The second-order valence-electron chi connectivity index (χ2n) is 7.22. The summed E-state index contributed by atoms with van der Waals surface area (Å²) in [4.78, 5) is 29.3. The summed E-state index contributed by atoms with van der Waals surface area (Å²) in [5.74, 6) is 0.0389. The van der Waals surface area contributed by atoms with Gasteiger partial charge >= 0.3 is 0 Å². The van der Waals surface area contributed by atoms with Crippen LogP contribution in [-0.4, -0.2) is 10.8 Å². The topological polar surface area (TPSA) is 49.9 Å². The Labute approximate surface area is 150 Å². The van der Waals surface area contributed by atoms with E-state index in [-0.39, 0.29) is 11.2 Å². The van der Waals surface area contributed by atoms with Gasteiger partial charge in [-0.3, -0.25) is 9.59 Å². The number of H-pyrrole nitrogens is 1. The molecule has 0 saturated heterocycles. The van der Waals surface area contributed by atoms with Gasteiger partial charge in [-0.05, 0) is 67.3 Å². The van der Waals surface area contributed by atoms with Gasteiger partial charge in [-0.1, -0.05) is 23.8 Å². The largest absolute Gasteiger partial charge is 0.354 e. The van der Waals surface area contributed by atoms with E-state index in [0.717, 1.165) is 38.9 Å². The van der Waals surface area contributed by atoms with Gasteiger partial charge in [-0.15, -0.1) is 0 Å². The molecule has 0 radical (unpaired) electrons. The predicted molar refractivity (Wildman–Crippen MR) is 104 cm³/mol. The minimum absolute atomic E-state index is 0.0127. The maximum absolute atomic E-state index is 13.0. The molecule has 0 aliphatic heterocycles. The third-order valence-electron chi connectivity index (χ3n) is 5.31. The summed E-state index contributed by atoms with van der Waals surface area (Å²) in [6.45, 7) is 3.99. The van der Waals surface area contributed by atoms with E-state index in [1.807, 2.05) is 62.4 Å². The lowest BCUT2D eigenvalue weighted by atomic mass is 9.83. The number of nitrogens with one attached hydrogen (secondary N) is 1. The number of benzene rings is 3. The number of carbonyl (C=O) groups excluding carboxylic acids is 1. The molecule has 4 aromatic rings. The molecule has 0 fully saturated rings. The molecule has 0 saturated carbocycles. The molecule has 0 unspecified atom stereocenters. The molecule has 1 heterocycles. The predicted octanol–water partition coefficient (Wildman–Crippen LogP) is 4.43. The molecule has 3 nitrogen and oxygen atoms in total. The standard InChI is InChI=1S/C23H17NO2/c1-12-3-5-14-9-15-10-19-21(11-18(15)23(26)17(14)7-12)24-20-8-13(2)4-6-16(20)22(19)25/h3-8,10-11H,9H2,1-2H3,(H,24,25). The van der Waals surface area contributed by atoms with Crippen LogP contribution in [0.25, 0.3) is 21.8 Å². The first-order chi connectivity index (χ1) is 12.5. The van der Waals surface area contributed by atoms with Crippen molar-refractivity contribution in [3.63, 3.8) is 0 Å². The molecule has 1 N–H and O–H groups in total. The van der Waals surface area contributed by atoms with Crippen molar-refractivity contribution in [2.75, 3.05) is 0 Å². The Kier molecular flexibility index (Phi) is 2.99. The number of ketones is 1. The number of carbonyl (C=O) groups is 1. The molecule has 126 valence electrons. The second kappa shape index (κ2) is 5.15. The first kappa shape index (κ1) is 15.1. The van der Waals surface area contributed by atoms with Gasteiger partial charge in [0.15, 0.2) is 11.2 Å². The molecule has 0 bridgehead atoms. The minimum atomic E-state index is 0.0127. The molecule has 26 heavy (non-hydrogen) atoms. The monoisotopic (exact) mass is 339 g/mol. The van der Waals surface area contributed by atoms with Crippen LogP contribution in [0.4, 0.5) is 0 Å². The molecular weight excluding hydrogens is 322 g/mol. The summed E-state index contributed by atoms with van der Waals surface area (Å²) < 4.78 is 0. The Bertz CT molecular complexity index is 1310. The fourth-order valence-electron chi connectivity index (χ4n) is 3.95. The van der Waals surface area contributed by atoms with Crippen molar-refractivity contribution in [1.82, 2.24) is 4.98 Å². The molecule has 5 rings (SSSR count). The molecule has 3 heteroatoms. The van der Waals surface area contributed by atoms with Crippen molar-refractivity contribution in [2.45, 2.75) is 20.3 Å². The number of aromatic nitrogens is 1. The molecule has 0 spiro atoms. The van der Waals surface area contributed by atoms with Gasteiger partial charge in [-0.25, -0.2) is 0 Å². The number of pyridine rings is 1. The molecule has 0 amide bonds. The molecule has 1 aliphatic carbocycles. The van der Waals surface area contributed by atoms with Gasteiger partial charge in [0.05, 0.1) is 5.52 Å². The van der Waals surface area contributed by atoms with Gasteiger partial charge in [0.2, 0.25) is 0 Å². The summed E-state index contributed by atoms with van der Waals surface area (Å²) in [6, 6.07) is 15.5. The lowest BCUT2D eigenvalue weighted by molar-refractivity contribution is 0.103. The zero-order valence-electron chi connectivity index (χ0n) is 14.6. The number of hydrogen-bond donors (Lipinski definition) is 1.